The Bertz CT molecular complexity index is 290. The van der Waals surface area contributed by atoms with Crippen LogP contribution in [-0.2, 0) is 9.59 Å². The SMILES string of the molecule is CCC(CN)CC(=O)NC(C)CN1CCCC1=O. The molecule has 2 atom stereocenters. The Morgan fingerprint density at radius 3 is 2.78 bits per heavy atom. The summed E-state index contributed by atoms with van der Waals surface area (Å²) < 4.78 is 0. The lowest BCUT2D eigenvalue weighted by atomic mass is 10.0. The van der Waals surface area contributed by atoms with Gasteiger partial charge in [-0.1, -0.05) is 13.3 Å². The van der Waals surface area contributed by atoms with Crippen molar-refractivity contribution in [3.8, 4) is 0 Å². The first-order valence-corrected chi connectivity index (χ1v) is 6.84. The maximum atomic E-state index is 11.8. The van der Waals surface area contributed by atoms with Gasteiger partial charge in [-0.25, -0.2) is 0 Å². The molecular formula is C13H25N3O2. The molecule has 0 saturated carbocycles. The van der Waals surface area contributed by atoms with E-state index >= 15 is 0 Å². The molecule has 0 aromatic carbocycles. The largest absolute Gasteiger partial charge is 0.352 e. The molecule has 1 rings (SSSR count). The van der Waals surface area contributed by atoms with E-state index in [0.717, 1.165) is 19.4 Å². The minimum atomic E-state index is 0.00910. The van der Waals surface area contributed by atoms with E-state index < -0.39 is 0 Å². The third-order valence-electron chi connectivity index (χ3n) is 3.46. The van der Waals surface area contributed by atoms with E-state index in [9.17, 15) is 9.59 Å². The first-order chi connectivity index (χ1) is 8.56. The molecule has 5 nitrogen and oxygen atoms in total. The number of amides is 2. The highest BCUT2D eigenvalue weighted by Crippen LogP contribution is 2.10. The van der Waals surface area contributed by atoms with Gasteiger partial charge >= 0.3 is 0 Å². The van der Waals surface area contributed by atoms with Crippen molar-refractivity contribution in [1.29, 1.82) is 0 Å². The van der Waals surface area contributed by atoms with Crippen LogP contribution in [0.1, 0.15) is 39.5 Å². The molecule has 3 N–H and O–H groups in total. The summed E-state index contributed by atoms with van der Waals surface area (Å²) in [4.78, 5) is 25.1. The first-order valence-electron chi connectivity index (χ1n) is 6.84. The summed E-state index contributed by atoms with van der Waals surface area (Å²) in [6, 6.07) is 0.00910. The van der Waals surface area contributed by atoms with E-state index in [4.69, 9.17) is 5.73 Å². The summed E-state index contributed by atoms with van der Waals surface area (Å²) in [5, 5.41) is 2.94. The third kappa shape index (κ3) is 4.64. The quantitative estimate of drug-likeness (QED) is 0.695. The summed E-state index contributed by atoms with van der Waals surface area (Å²) >= 11 is 0. The predicted molar refractivity (Wildman–Crippen MR) is 70.9 cm³/mol. The zero-order valence-electron chi connectivity index (χ0n) is 11.4. The van der Waals surface area contributed by atoms with Crippen molar-refractivity contribution < 1.29 is 9.59 Å². The summed E-state index contributed by atoms with van der Waals surface area (Å²) in [5.41, 5.74) is 5.58. The summed E-state index contributed by atoms with van der Waals surface area (Å²) in [7, 11) is 0. The van der Waals surface area contributed by atoms with Crippen molar-refractivity contribution in [1.82, 2.24) is 10.2 Å². The Kier molecular flexibility index (Phi) is 6.12. The average Bonchev–Trinajstić information content (AvgIpc) is 2.71. The van der Waals surface area contributed by atoms with Gasteiger partial charge in [0, 0.05) is 32.0 Å². The van der Waals surface area contributed by atoms with Gasteiger partial charge in [0.2, 0.25) is 11.8 Å². The molecule has 0 aromatic rings. The van der Waals surface area contributed by atoms with Gasteiger partial charge in [0.05, 0.1) is 0 Å². The van der Waals surface area contributed by atoms with Gasteiger partial charge in [0.25, 0.3) is 0 Å². The molecule has 1 fully saturated rings. The van der Waals surface area contributed by atoms with Crippen LogP contribution in [0.3, 0.4) is 0 Å². The van der Waals surface area contributed by atoms with Crippen LogP contribution >= 0.6 is 0 Å². The molecule has 0 radical (unpaired) electrons. The number of carbonyl (C=O) groups excluding carboxylic acids is 2. The number of carbonyl (C=O) groups is 2. The van der Waals surface area contributed by atoms with Crippen LogP contribution in [0.25, 0.3) is 0 Å². The monoisotopic (exact) mass is 255 g/mol. The second-order valence-corrected chi connectivity index (χ2v) is 5.13. The van der Waals surface area contributed by atoms with Crippen LogP contribution in [0.2, 0.25) is 0 Å². The molecule has 1 saturated heterocycles. The number of nitrogens with one attached hydrogen (secondary N) is 1. The van der Waals surface area contributed by atoms with Crippen molar-refractivity contribution in [2.75, 3.05) is 19.6 Å². The molecular weight excluding hydrogens is 230 g/mol. The highest BCUT2D eigenvalue weighted by Gasteiger charge is 2.22. The van der Waals surface area contributed by atoms with Crippen LogP contribution in [0.15, 0.2) is 0 Å². The molecule has 2 amide bonds. The van der Waals surface area contributed by atoms with Gasteiger partial charge in [-0.15, -0.1) is 0 Å². The van der Waals surface area contributed by atoms with Crippen molar-refractivity contribution in [3.05, 3.63) is 0 Å². The minimum Gasteiger partial charge on any atom is -0.352 e. The van der Waals surface area contributed by atoms with E-state index in [1.54, 1.807) is 0 Å². The second kappa shape index (κ2) is 7.36. The number of hydrogen-bond donors (Lipinski definition) is 2. The number of rotatable bonds is 7. The normalized spacial score (nSPS) is 18.8. The van der Waals surface area contributed by atoms with Gasteiger partial charge in [0.15, 0.2) is 0 Å². The zero-order valence-corrected chi connectivity index (χ0v) is 11.4. The fraction of sp³-hybridized carbons (Fsp3) is 0.846. The molecule has 18 heavy (non-hydrogen) atoms. The highest BCUT2D eigenvalue weighted by molar-refractivity contribution is 5.78. The van der Waals surface area contributed by atoms with Gasteiger partial charge < -0.3 is 16.0 Å². The van der Waals surface area contributed by atoms with Crippen molar-refractivity contribution in [3.63, 3.8) is 0 Å². The highest BCUT2D eigenvalue weighted by atomic mass is 16.2. The molecule has 0 bridgehead atoms. The third-order valence-corrected chi connectivity index (χ3v) is 3.46. The maximum absolute atomic E-state index is 11.8. The molecule has 104 valence electrons. The lowest BCUT2D eigenvalue weighted by molar-refractivity contribution is -0.129. The van der Waals surface area contributed by atoms with Crippen molar-refractivity contribution in [2.24, 2.45) is 11.7 Å². The lowest BCUT2D eigenvalue weighted by Crippen LogP contribution is -2.43. The Morgan fingerprint density at radius 1 is 1.56 bits per heavy atom. The van der Waals surface area contributed by atoms with E-state index in [2.05, 4.69) is 5.32 Å². The maximum Gasteiger partial charge on any atom is 0.222 e. The van der Waals surface area contributed by atoms with Gasteiger partial charge in [-0.05, 0) is 25.8 Å². The molecule has 0 spiro atoms. The predicted octanol–water partition coefficient (Wildman–Crippen LogP) is 0.489. The average molecular weight is 255 g/mol. The minimum absolute atomic E-state index is 0.00910. The van der Waals surface area contributed by atoms with Crippen LogP contribution in [0.4, 0.5) is 0 Å². The van der Waals surface area contributed by atoms with Crippen molar-refractivity contribution >= 4 is 11.8 Å². The topological polar surface area (TPSA) is 75.4 Å². The van der Waals surface area contributed by atoms with Crippen LogP contribution < -0.4 is 11.1 Å². The fourth-order valence-corrected chi connectivity index (χ4v) is 2.26. The molecule has 1 aliphatic heterocycles. The number of likely N-dealkylation sites (tertiary alicyclic amines) is 1. The van der Waals surface area contributed by atoms with Crippen LogP contribution in [0.5, 0.6) is 0 Å². The van der Waals surface area contributed by atoms with Crippen molar-refractivity contribution in [2.45, 2.75) is 45.6 Å². The molecule has 0 aromatic heterocycles. The van der Waals surface area contributed by atoms with Gasteiger partial charge in [-0.2, -0.15) is 0 Å². The number of hydrogen-bond acceptors (Lipinski definition) is 3. The van der Waals surface area contributed by atoms with E-state index in [0.29, 0.717) is 25.9 Å². The van der Waals surface area contributed by atoms with Crippen LogP contribution in [-0.4, -0.2) is 42.4 Å². The number of nitrogens with zero attached hydrogens (tertiary/aromatic N) is 1. The number of nitrogens with two attached hydrogens (primary N) is 1. The first kappa shape index (κ1) is 15.0. The Labute approximate surface area is 109 Å². The molecule has 1 heterocycles. The standard InChI is InChI=1S/C13H25N3O2/c1-3-11(8-14)7-12(17)15-10(2)9-16-6-4-5-13(16)18/h10-11H,3-9,14H2,1-2H3,(H,15,17). The van der Waals surface area contributed by atoms with E-state index in [1.165, 1.54) is 0 Å². The molecule has 1 aliphatic rings. The van der Waals surface area contributed by atoms with Gasteiger partial charge in [0.1, 0.15) is 0 Å². The van der Waals surface area contributed by atoms with E-state index in [1.807, 2.05) is 18.7 Å². The Balaban J connectivity index is 2.28. The zero-order chi connectivity index (χ0) is 13.5. The summed E-state index contributed by atoms with van der Waals surface area (Å²) in [6.07, 6.45) is 2.98. The smallest absolute Gasteiger partial charge is 0.222 e. The second-order valence-electron chi connectivity index (χ2n) is 5.13. The summed E-state index contributed by atoms with van der Waals surface area (Å²) in [5.74, 6) is 0.488. The lowest BCUT2D eigenvalue weighted by Gasteiger charge is -2.22. The van der Waals surface area contributed by atoms with E-state index in [-0.39, 0.29) is 23.8 Å². The summed E-state index contributed by atoms with van der Waals surface area (Å²) in [6.45, 7) is 5.95. The molecule has 5 heteroatoms. The Morgan fingerprint density at radius 2 is 2.28 bits per heavy atom. The van der Waals surface area contributed by atoms with Gasteiger partial charge in [-0.3, -0.25) is 9.59 Å². The molecule has 2 unspecified atom stereocenters. The van der Waals surface area contributed by atoms with Crippen LogP contribution in [0, 0.1) is 5.92 Å². The fourth-order valence-electron chi connectivity index (χ4n) is 2.26. The molecule has 0 aliphatic carbocycles. The Hall–Kier alpha value is -1.10.